The van der Waals surface area contributed by atoms with Gasteiger partial charge in [0.05, 0.1) is 16.8 Å². The van der Waals surface area contributed by atoms with E-state index in [9.17, 15) is 4.79 Å². The van der Waals surface area contributed by atoms with Gasteiger partial charge >= 0.3 is 0 Å². The Morgan fingerprint density at radius 3 is 3.00 bits per heavy atom. The first-order valence-electron chi connectivity index (χ1n) is 8.58. The molecule has 0 atom stereocenters. The highest BCUT2D eigenvalue weighted by atomic mass is 79.9. The largest absolute Gasteiger partial charge is 0.454 e. The Hall–Kier alpha value is -2.42. The molecule has 1 aliphatic rings. The highest BCUT2D eigenvalue weighted by molar-refractivity contribution is 9.10. The number of halogens is 1. The van der Waals surface area contributed by atoms with Gasteiger partial charge in [-0.15, -0.1) is 0 Å². The number of fused-ring (bicyclic) bond motifs is 2. The zero-order valence-electron chi connectivity index (χ0n) is 15.1. The van der Waals surface area contributed by atoms with Crippen molar-refractivity contribution in [1.82, 2.24) is 4.57 Å². The summed E-state index contributed by atoms with van der Waals surface area (Å²) in [6.45, 7) is 1.38. The van der Waals surface area contributed by atoms with E-state index in [1.165, 1.54) is 17.4 Å². The maximum absolute atomic E-state index is 12.4. The topological polar surface area (TPSA) is 62.1 Å². The van der Waals surface area contributed by atoms with E-state index in [1.54, 1.807) is 13.2 Å². The Kier molecular flexibility index (Phi) is 5.61. The van der Waals surface area contributed by atoms with Crippen molar-refractivity contribution < 1.29 is 19.0 Å². The number of rotatable bonds is 5. The van der Waals surface area contributed by atoms with Crippen LogP contribution in [0.3, 0.4) is 0 Å². The number of ether oxygens (including phenoxy) is 3. The summed E-state index contributed by atoms with van der Waals surface area (Å²) >= 11 is 4.96. The highest BCUT2D eigenvalue weighted by Gasteiger charge is 2.12. The Balaban J connectivity index is 1.63. The first kappa shape index (κ1) is 18.9. The molecule has 8 heteroatoms. The summed E-state index contributed by atoms with van der Waals surface area (Å²) in [5.74, 6) is 1.07. The number of nitrogens with zero attached hydrogens (tertiary/aromatic N) is 2. The molecule has 0 fully saturated rings. The van der Waals surface area contributed by atoms with E-state index in [0.29, 0.717) is 29.5 Å². The monoisotopic (exact) mass is 460 g/mol. The first-order chi connectivity index (χ1) is 13.6. The van der Waals surface area contributed by atoms with Crippen LogP contribution in [0.25, 0.3) is 16.3 Å². The Labute approximate surface area is 173 Å². The third kappa shape index (κ3) is 4.04. The van der Waals surface area contributed by atoms with E-state index < -0.39 is 0 Å². The van der Waals surface area contributed by atoms with Gasteiger partial charge in [-0.3, -0.25) is 4.79 Å². The van der Waals surface area contributed by atoms with Crippen LogP contribution in [0.5, 0.6) is 11.5 Å². The highest BCUT2D eigenvalue weighted by Crippen LogP contribution is 2.32. The number of aromatic nitrogens is 1. The van der Waals surface area contributed by atoms with Crippen LogP contribution < -0.4 is 14.3 Å². The van der Waals surface area contributed by atoms with Crippen molar-refractivity contribution in [3.05, 3.63) is 57.3 Å². The summed E-state index contributed by atoms with van der Waals surface area (Å²) in [5, 5.41) is 0. The van der Waals surface area contributed by atoms with Crippen molar-refractivity contribution in [2.24, 2.45) is 4.99 Å². The number of hydrogen-bond donors (Lipinski definition) is 0. The number of amides is 1. The third-order valence-electron chi connectivity index (χ3n) is 4.18. The minimum Gasteiger partial charge on any atom is -0.454 e. The van der Waals surface area contributed by atoms with E-state index >= 15 is 0 Å². The molecule has 1 aliphatic heterocycles. The van der Waals surface area contributed by atoms with Gasteiger partial charge in [-0.05, 0) is 42.0 Å². The Morgan fingerprint density at radius 1 is 1.29 bits per heavy atom. The lowest BCUT2D eigenvalue weighted by molar-refractivity contribution is -0.113. The maximum atomic E-state index is 12.4. The summed E-state index contributed by atoms with van der Waals surface area (Å²) in [4.78, 5) is 17.4. The predicted molar refractivity (Wildman–Crippen MR) is 112 cm³/mol. The molecule has 3 aromatic rings. The fraction of sp³-hybridized carbons (Fsp3) is 0.200. The zero-order valence-corrected chi connectivity index (χ0v) is 17.5. The second-order valence-electron chi connectivity index (χ2n) is 6.04. The van der Waals surface area contributed by atoms with Crippen molar-refractivity contribution in [3.8, 4) is 11.5 Å². The molecular weight excluding hydrogens is 444 g/mol. The van der Waals surface area contributed by atoms with Gasteiger partial charge in [-0.2, -0.15) is 4.99 Å². The number of thiazole rings is 1. The standard InChI is InChI=1S/C20H17BrN2O4S/c1-25-9-8-23-15-5-4-14(21)11-18(15)28-20(23)22-19(24)7-3-13-2-6-16-17(10-13)27-12-26-16/h2-7,10-11H,8-9,12H2,1H3. The van der Waals surface area contributed by atoms with Crippen molar-refractivity contribution in [1.29, 1.82) is 0 Å². The second kappa shape index (κ2) is 8.30. The molecule has 1 aromatic heterocycles. The summed E-state index contributed by atoms with van der Waals surface area (Å²) in [7, 11) is 1.65. The van der Waals surface area contributed by atoms with Gasteiger partial charge in [-0.1, -0.05) is 33.3 Å². The van der Waals surface area contributed by atoms with Gasteiger partial charge in [0.15, 0.2) is 16.3 Å². The Bertz CT molecular complexity index is 1130. The molecule has 0 saturated carbocycles. The molecule has 0 aliphatic carbocycles. The summed E-state index contributed by atoms with van der Waals surface area (Å²) < 4.78 is 19.9. The van der Waals surface area contributed by atoms with Gasteiger partial charge in [0.25, 0.3) is 5.91 Å². The molecule has 0 bridgehead atoms. The summed E-state index contributed by atoms with van der Waals surface area (Å²) in [5.41, 5.74) is 1.87. The number of carbonyl (C=O) groups excluding carboxylic acids is 1. The van der Waals surface area contributed by atoms with Gasteiger partial charge < -0.3 is 18.8 Å². The van der Waals surface area contributed by atoms with Crippen molar-refractivity contribution in [2.75, 3.05) is 20.5 Å². The number of methoxy groups -OCH3 is 1. The molecule has 0 saturated heterocycles. The van der Waals surface area contributed by atoms with Crippen LogP contribution in [0.2, 0.25) is 0 Å². The predicted octanol–water partition coefficient (Wildman–Crippen LogP) is 3.98. The molecule has 28 heavy (non-hydrogen) atoms. The lowest BCUT2D eigenvalue weighted by atomic mass is 10.2. The van der Waals surface area contributed by atoms with Crippen LogP contribution in [-0.2, 0) is 16.1 Å². The first-order valence-corrected chi connectivity index (χ1v) is 10.2. The molecule has 0 radical (unpaired) electrons. The molecule has 6 nitrogen and oxygen atoms in total. The third-order valence-corrected chi connectivity index (χ3v) is 5.72. The van der Waals surface area contributed by atoms with E-state index in [1.807, 2.05) is 41.0 Å². The minimum atomic E-state index is -0.325. The van der Waals surface area contributed by atoms with Crippen LogP contribution in [0, 0.1) is 0 Å². The fourth-order valence-electron chi connectivity index (χ4n) is 2.85. The molecule has 0 spiro atoms. The van der Waals surface area contributed by atoms with Gasteiger partial charge in [0, 0.05) is 24.2 Å². The van der Waals surface area contributed by atoms with Crippen LogP contribution in [-0.4, -0.2) is 31.0 Å². The van der Waals surface area contributed by atoms with Crippen LogP contribution in [0.15, 0.2) is 51.9 Å². The van der Waals surface area contributed by atoms with Crippen LogP contribution >= 0.6 is 27.3 Å². The molecule has 4 rings (SSSR count). The molecule has 0 unspecified atom stereocenters. The van der Waals surface area contributed by atoms with Gasteiger partial charge in [0.1, 0.15) is 0 Å². The molecule has 2 heterocycles. The van der Waals surface area contributed by atoms with E-state index in [-0.39, 0.29) is 12.7 Å². The van der Waals surface area contributed by atoms with Crippen LogP contribution in [0.1, 0.15) is 5.56 Å². The molecule has 2 aromatic carbocycles. The SMILES string of the molecule is COCCn1c(=NC(=O)C=Cc2ccc3c(c2)OCO3)sc2cc(Br)ccc21. The smallest absolute Gasteiger partial charge is 0.272 e. The van der Waals surface area contributed by atoms with Crippen molar-refractivity contribution in [2.45, 2.75) is 6.54 Å². The summed E-state index contributed by atoms with van der Waals surface area (Å²) in [6.07, 6.45) is 3.18. The van der Waals surface area contributed by atoms with Crippen molar-refractivity contribution in [3.63, 3.8) is 0 Å². The van der Waals surface area contributed by atoms with Gasteiger partial charge in [0.2, 0.25) is 6.79 Å². The van der Waals surface area contributed by atoms with E-state index in [4.69, 9.17) is 14.2 Å². The second-order valence-corrected chi connectivity index (χ2v) is 7.96. The average molecular weight is 461 g/mol. The number of hydrogen-bond acceptors (Lipinski definition) is 5. The quantitative estimate of drug-likeness (QED) is 0.540. The number of carbonyl (C=O) groups is 1. The number of benzene rings is 2. The zero-order chi connectivity index (χ0) is 19.5. The lowest BCUT2D eigenvalue weighted by Gasteiger charge is -2.03. The van der Waals surface area contributed by atoms with Crippen molar-refractivity contribution >= 4 is 49.5 Å². The molecule has 0 N–H and O–H groups in total. The van der Waals surface area contributed by atoms with E-state index in [2.05, 4.69) is 20.9 Å². The maximum Gasteiger partial charge on any atom is 0.272 e. The molecular formula is C20H17BrN2O4S. The summed E-state index contributed by atoms with van der Waals surface area (Å²) in [6, 6.07) is 11.5. The normalized spacial score (nSPS) is 13.7. The average Bonchev–Trinajstić information content (AvgIpc) is 3.28. The van der Waals surface area contributed by atoms with Gasteiger partial charge in [-0.25, -0.2) is 0 Å². The minimum absolute atomic E-state index is 0.223. The lowest BCUT2D eigenvalue weighted by Crippen LogP contribution is -2.18. The molecule has 144 valence electrons. The molecule has 1 amide bonds. The Morgan fingerprint density at radius 2 is 2.14 bits per heavy atom. The fourth-order valence-corrected chi connectivity index (χ4v) is 4.46. The van der Waals surface area contributed by atoms with E-state index in [0.717, 1.165) is 20.3 Å². The van der Waals surface area contributed by atoms with Crippen LogP contribution in [0.4, 0.5) is 0 Å².